The van der Waals surface area contributed by atoms with Crippen molar-refractivity contribution >= 4 is 40.9 Å². The molecule has 0 radical (unpaired) electrons. The minimum atomic E-state index is -0.874. The van der Waals surface area contributed by atoms with Gasteiger partial charge in [-0.2, -0.15) is 0 Å². The topological polar surface area (TPSA) is 90.4 Å². The average Bonchev–Trinajstić information content (AvgIpc) is 3.18. The number of nitrogens with zero attached hydrogens (tertiary/aromatic N) is 3. The summed E-state index contributed by atoms with van der Waals surface area (Å²) < 4.78 is 3.97. The molecule has 2 saturated heterocycles. The summed E-state index contributed by atoms with van der Waals surface area (Å²) in [5.41, 5.74) is 1.89. The van der Waals surface area contributed by atoms with E-state index < -0.39 is 27.4 Å². The van der Waals surface area contributed by atoms with Gasteiger partial charge in [-0.15, -0.1) is 11.8 Å². The number of aliphatic hydroxyl groups excluding tert-OH is 1. The van der Waals surface area contributed by atoms with Crippen molar-refractivity contribution in [2.24, 2.45) is 11.8 Å². The summed E-state index contributed by atoms with van der Waals surface area (Å²) in [6.07, 6.45) is 9.93. The molecule has 39 heavy (non-hydrogen) atoms. The van der Waals surface area contributed by atoms with E-state index in [9.17, 15) is 19.5 Å². The number of carbonyl (C=O) groups is 3. The summed E-state index contributed by atoms with van der Waals surface area (Å²) in [6, 6.07) is 7.30. The number of hydrogen-bond donors (Lipinski definition) is 1. The van der Waals surface area contributed by atoms with Crippen molar-refractivity contribution in [1.29, 1.82) is 0 Å². The molecule has 4 aliphatic rings. The molecule has 0 aromatic heterocycles. The summed E-state index contributed by atoms with van der Waals surface area (Å²) in [7, 11) is 0. The Bertz CT molecular complexity index is 1170. The smallest absolute Gasteiger partial charge is 0.311 e. The minimum absolute atomic E-state index is 0.0946. The molecule has 5 rings (SSSR count). The highest BCUT2D eigenvalue weighted by atomic mass is 32.2. The molecule has 2 amide bonds. The first kappa shape index (κ1) is 27.8. The zero-order chi connectivity index (χ0) is 27.8. The van der Waals surface area contributed by atoms with Crippen molar-refractivity contribution in [1.82, 2.24) is 4.90 Å². The van der Waals surface area contributed by atoms with Crippen molar-refractivity contribution in [3.8, 4) is 0 Å². The van der Waals surface area contributed by atoms with Gasteiger partial charge < -0.3 is 24.5 Å². The van der Waals surface area contributed by atoms with Gasteiger partial charge in [-0.1, -0.05) is 18.2 Å². The maximum Gasteiger partial charge on any atom is 0.311 e. The van der Waals surface area contributed by atoms with Crippen molar-refractivity contribution in [2.75, 3.05) is 49.2 Å². The molecule has 1 N–H and O–H groups in total. The van der Waals surface area contributed by atoms with E-state index >= 15 is 0 Å². The number of likely N-dealkylation sites (tertiary alicyclic amines) is 1. The third kappa shape index (κ3) is 4.57. The zero-order valence-corrected chi connectivity index (χ0v) is 23.9. The molecule has 4 aliphatic heterocycles. The Morgan fingerprint density at radius 2 is 1.74 bits per heavy atom. The molecule has 0 aliphatic carbocycles. The molecule has 210 valence electrons. The van der Waals surface area contributed by atoms with E-state index in [1.807, 2.05) is 55.5 Å². The predicted molar refractivity (Wildman–Crippen MR) is 154 cm³/mol. The number of hydrogen-bond acceptors (Lipinski definition) is 7. The second kappa shape index (κ2) is 11.0. The molecule has 1 unspecified atom stereocenters. The molecule has 0 saturated carbocycles. The summed E-state index contributed by atoms with van der Waals surface area (Å²) in [6.45, 7) is 9.11. The Morgan fingerprint density at radius 1 is 1.00 bits per heavy atom. The molecule has 8 nitrogen and oxygen atoms in total. The molecule has 2 fully saturated rings. The number of benzene rings is 1. The van der Waals surface area contributed by atoms with Gasteiger partial charge in [0.1, 0.15) is 12.6 Å². The minimum Gasteiger partial charge on any atom is -0.461 e. The van der Waals surface area contributed by atoms with Crippen LogP contribution >= 0.6 is 11.8 Å². The summed E-state index contributed by atoms with van der Waals surface area (Å²) in [4.78, 5) is 47.7. The second-order valence-electron chi connectivity index (χ2n) is 10.9. The lowest BCUT2D eigenvalue weighted by molar-refractivity contribution is -0.152. The maximum absolute atomic E-state index is 14.5. The van der Waals surface area contributed by atoms with Crippen molar-refractivity contribution in [2.45, 2.75) is 55.6 Å². The first-order valence-electron chi connectivity index (χ1n) is 14.1. The van der Waals surface area contributed by atoms with Crippen molar-refractivity contribution < 1.29 is 24.2 Å². The molecular formula is C30H39N3O5S. The number of amides is 2. The third-order valence-corrected chi connectivity index (χ3v) is 10.5. The number of carbonyl (C=O) groups excluding carboxylic acids is 3. The zero-order valence-electron chi connectivity index (χ0n) is 23.0. The monoisotopic (exact) mass is 553 g/mol. The predicted octanol–water partition coefficient (Wildman–Crippen LogP) is 3.40. The van der Waals surface area contributed by atoms with Crippen LogP contribution in [0.25, 0.3) is 0 Å². The Hall–Kier alpha value is -2.78. The fourth-order valence-corrected chi connectivity index (χ4v) is 8.98. The van der Waals surface area contributed by atoms with E-state index in [2.05, 4.69) is 18.7 Å². The normalized spacial score (nSPS) is 31.5. The number of rotatable bonds is 9. The Balaban J connectivity index is 1.54. The molecule has 0 bridgehead atoms. The van der Waals surface area contributed by atoms with E-state index in [0.717, 1.165) is 30.9 Å². The fourth-order valence-electron chi connectivity index (χ4n) is 6.83. The molecule has 4 heterocycles. The van der Waals surface area contributed by atoms with Crippen LogP contribution in [0.5, 0.6) is 0 Å². The maximum atomic E-state index is 14.5. The first-order valence-corrected chi connectivity index (χ1v) is 14.9. The highest BCUT2D eigenvalue weighted by Gasteiger charge is 2.74. The summed E-state index contributed by atoms with van der Waals surface area (Å²) in [5, 5.41) is 9.25. The highest BCUT2D eigenvalue weighted by Crippen LogP contribution is 2.65. The largest absolute Gasteiger partial charge is 0.461 e. The van der Waals surface area contributed by atoms with E-state index in [1.165, 1.54) is 0 Å². The molecule has 1 aromatic rings. The van der Waals surface area contributed by atoms with E-state index in [0.29, 0.717) is 25.9 Å². The van der Waals surface area contributed by atoms with Gasteiger partial charge in [0.15, 0.2) is 0 Å². The molecule has 1 aromatic carbocycles. The van der Waals surface area contributed by atoms with Gasteiger partial charge in [-0.05, 0) is 70.4 Å². The quantitative estimate of drug-likeness (QED) is 0.285. The standard InChI is InChI=1S/C30H39N3O5S/c1-4-31(5-2)21-11-13-22(14-12-21)32-18-9-16-30-23(24-28(37)38-20-10-15-29(24,3)39-30)26(35)33(25(30)27(32)36)17-7-6-8-19-34/h9-16,23-25,34H,4-8,17-20H2,1-3H3/t23-,24+,25?,29-,30-/m0/s1. The lowest BCUT2D eigenvalue weighted by atomic mass is 9.75. The molecular weight excluding hydrogens is 514 g/mol. The number of esters is 1. The SMILES string of the molecule is CCN(CC)c1ccc(N2CC=C[C@]34S[C@@]5(C)C=CCOC(=O)[C@H]5[C@H]3C(=O)N(CCCCCO)C4C2=O)cc1. The van der Waals surface area contributed by atoms with Gasteiger partial charge in [0.25, 0.3) is 5.91 Å². The highest BCUT2D eigenvalue weighted by molar-refractivity contribution is 8.02. The third-order valence-electron chi connectivity index (χ3n) is 8.66. The van der Waals surface area contributed by atoms with Gasteiger partial charge in [0.05, 0.1) is 16.6 Å². The Kier molecular flexibility index (Phi) is 7.84. The van der Waals surface area contributed by atoms with E-state index in [-0.39, 0.29) is 31.0 Å². The Morgan fingerprint density at radius 3 is 2.44 bits per heavy atom. The van der Waals surface area contributed by atoms with Gasteiger partial charge in [-0.25, -0.2) is 0 Å². The number of cyclic esters (lactones) is 1. The lowest BCUT2D eigenvalue weighted by Crippen LogP contribution is -2.53. The van der Waals surface area contributed by atoms with Gasteiger partial charge in [0, 0.05) is 48.9 Å². The van der Waals surface area contributed by atoms with Gasteiger partial charge in [-0.3, -0.25) is 14.4 Å². The molecule has 9 heteroatoms. The number of thioether (sulfide) groups is 1. The summed E-state index contributed by atoms with van der Waals surface area (Å²) in [5.74, 6) is -2.01. The average molecular weight is 554 g/mol. The molecule has 5 atom stereocenters. The van der Waals surface area contributed by atoms with Crippen LogP contribution in [0.1, 0.15) is 40.0 Å². The van der Waals surface area contributed by atoms with Crippen LogP contribution in [-0.4, -0.2) is 82.7 Å². The van der Waals surface area contributed by atoms with Crippen LogP contribution in [-0.2, 0) is 19.1 Å². The number of ether oxygens (including phenoxy) is 1. The van der Waals surface area contributed by atoms with Crippen LogP contribution < -0.4 is 9.80 Å². The number of unbranched alkanes of at least 4 members (excludes halogenated alkanes) is 2. The van der Waals surface area contributed by atoms with E-state index in [1.54, 1.807) is 21.6 Å². The fraction of sp³-hybridized carbons (Fsp3) is 0.567. The van der Waals surface area contributed by atoms with Crippen LogP contribution in [0.4, 0.5) is 11.4 Å². The summed E-state index contributed by atoms with van der Waals surface area (Å²) >= 11 is 1.56. The van der Waals surface area contributed by atoms with Gasteiger partial charge in [0.2, 0.25) is 5.91 Å². The van der Waals surface area contributed by atoms with Crippen LogP contribution in [0.2, 0.25) is 0 Å². The number of aliphatic hydroxyl groups is 1. The first-order chi connectivity index (χ1) is 18.8. The number of anilines is 2. The molecule has 1 spiro atoms. The Labute approximate surface area is 235 Å². The van der Waals surface area contributed by atoms with Crippen molar-refractivity contribution in [3.63, 3.8) is 0 Å². The number of fused-ring (bicyclic) bond motifs is 2. The van der Waals surface area contributed by atoms with E-state index in [4.69, 9.17) is 4.74 Å². The van der Waals surface area contributed by atoms with Gasteiger partial charge >= 0.3 is 5.97 Å². The van der Waals surface area contributed by atoms with Crippen LogP contribution in [0, 0.1) is 11.8 Å². The van der Waals surface area contributed by atoms with Crippen LogP contribution in [0.3, 0.4) is 0 Å². The lowest BCUT2D eigenvalue weighted by Gasteiger charge is -2.36. The van der Waals surface area contributed by atoms with Crippen LogP contribution in [0.15, 0.2) is 48.6 Å². The van der Waals surface area contributed by atoms with Crippen molar-refractivity contribution in [3.05, 3.63) is 48.6 Å². The second-order valence-corrected chi connectivity index (χ2v) is 12.7.